The van der Waals surface area contributed by atoms with E-state index < -0.39 is 0 Å². The predicted molar refractivity (Wildman–Crippen MR) is 65.7 cm³/mol. The number of hydrogen-bond acceptors (Lipinski definition) is 5. The lowest BCUT2D eigenvalue weighted by molar-refractivity contribution is 1.11. The second-order valence-electron chi connectivity index (χ2n) is 1.73. The third kappa shape index (κ3) is 5.41. The zero-order valence-electron chi connectivity index (χ0n) is 5.47. The van der Waals surface area contributed by atoms with Gasteiger partial charge in [-0.1, -0.05) is 0 Å². The number of thioether (sulfide) groups is 1. The molecule has 0 aromatic carbocycles. The summed E-state index contributed by atoms with van der Waals surface area (Å²) < 4.78 is 0.127. The third-order valence-corrected chi connectivity index (χ3v) is 4.53. The summed E-state index contributed by atoms with van der Waals surface area (Å²) in [6.07, 6.45) is 0. The fourth-order valence-corrected chi connectivity index (χ4v) is 3.03. The second-order valence-corrected chi connectivity index (χ2v) is 5.41. The molecular formula is C5H12S5. The van der Waals surface area contributed by atoms with Crippen molar-refractivity contribution in [3.63, 3.8) is 0 Å². The van der Waals surface area contributed by atoms with E-state index in [1.165, 1.54) is 0 Å². The minimum atomic E-state index is 0.127. The highest BCUT2D eigenvalue weighted by Crippen LogP contribution is 2.22. The van der Waals surface area contributed by atoms with E-state index >= 15 is 0 Å². The summed E-state index contributed by atoms with van der Waals surface area (Å²) in [5.74, 6) is 2.78. The molecule has 0 bridgehead atoms. The summed E-state index contributed by atoms with van der Waals surface area (Å²) in [6, 6.07) is 0. The molecule has 62 valence electrons. The Kier molecular flexibility index (Phi) is 8.70. The summed E-state index contributed by atoms with van der Waals surface area (Å²) in [5, 5.41) is 0.433. The summed E-state index contributed by atoms with van der Waals surface area (Å²) >= 11 is 18.5. The van der Waals surface area contributed by atoms with Crippen LogP contribution < -0.4 is 0 Å². The number of thiol groups is 4. The molecule has 0 aromatic heterocycles. The molecule has 0 aliphatic carbocycles. The Hall–Kier alpha value is 1.75. The Balaban J connectivity index is 3.40. The molecule has 0 aromatic rings. The largest absolute Gasteiger partial charge is 0.179 e. The van der Waals surface area contributed by atoms with Gasteiger partial charge in [0.15, 0.2) is 0 Å². The molecule has 0 spiro atoms. The average Bonchev–Trinajstić information content (AvgIpc) is 1.89. The van der Waals surface area contributed by atoms with Crippen LogP contribution >= 0.6 is 62.3 Å². The molecule has 1 unspecified atom stereocenters. The van der Waals surface area contributed by atoms with Crippen LogP contribution in [0.3, 0.4) is 0 Å². The van der Waals surface area contributed by atoms with Crippen LogP contribution in [0.2, 0.25) is 0 Å². The van der Waals surface area contributed by atoms with Gasteiger partial charge in [-0.3, -0.25) is 0 Å². The Morgan fingerprint density at radius 2 is 1.80 bits per heavy atom. The Morgan fingerprint density at radius 3 is 2.10 bits per heavy atom. The molecule has 0 rings (SSSR count). The van der Waals surface area contributed by atoms with Crippen molar-refractivity contribution < 1.29 is 0 Å². The molecule has 0 saturated heterocycles. The van der Waals surface area contributed by atoms with Crippen LogP contribution in [0, 0.1) is 0 Å². The fraction of sp³-hybridized carbons (Fsp3) is 1.00. The van der Waals surface area contributed by atoms with Crippen molar-refractivity contribution in [1.29, 1.82) is 0 Å². The molecule has 0 aliphatic heterocycles. The molecule has 5 heteroatoms. The third-order valence-electron chi connectivity index (χ3n) is 0.936. The Bertz CT molecular complexity index is 74.4. The maximum absolute atomic E-state index is 4.22. The Morgan fingerprint density at radius 1 is 1.20 bits per heavy atom. The van der Waals surface area contributed by atoms with Crippen molar-refractivity contribution >= 4 is 62.3 Å². The predicted octanol–water partition coefficient (Wildman–Crippen LogP) is 2.13. The Labute approximate surface area is 88.9 Å². The van der Waals surface area contributed by atoms with Crippen molar-refractivity contribution in [3.05, 3.63) is 0 Å². The van der Waals surface area contributed by atoms with Gasteiger partial charge >= 0.3 is 0 Å². The summed E-state index contributed by atoms with van der Waals surface area (Å²) in [7, 11) is 0. The second kappa shape index (κ2) is 7.40. The van der Waals surface area contributed by atoms with Gasteiger partial charge in [0.1, 0.15) is 0 Å². The van der Waals surface area contributed by atoms with Gasteiger partial charge < -0.3 is 0 Å². The van der Waals surface area contributed by atoms with Crippen molar-refractivity contribution in [3.8, 4) is 0 Å². The molecule has 0 radical (unpaired) electrons. The first-order chi connectivity index (χ1) is 4.72. The van der Waals surface area contributed by atoms with Crippen molar-refractivity contribution in [2.45, 2.75) is 9.83 Å². The molecule has 0 saturated carbocycles. The van der Waals surface area contributed by atoms with Crippen LogP contribution in [0.15, 0.2) is 0 Å². The van der Waals surface area contributed by atoms with Crippen LogP contribution in [0.5, 0.6) is 0 Å². The van der Waals surface area contributed by atoms with Gasteiger partial charge in [0, 0.05) is 16.8 Å². The van der Waals surface area contributed by atoms with E-state index in [1.54, 1.807) is 0 Å². The van der Waals surface area contributed by atoms with E-state index in [9.17, 15) is 0 Å². The fourth-order valence-electron chi connectivity index (χ4n) is 0.437. The number of hydrogen-bond donors (Lipinski definition) is 4. The summed E-state index contributed by atoms with van der Waals surface area (Å²) in [6.45, 7) is 0. The molecule has 0 aliphatic rings. The first-order valence-electron chi connectivity index (χ1n) is 2.91. The van der Waals surface area contributed by atoms with Gasteiger partial charge in [-0.2, -0.15) is 62.3 Å². The van der Waals surface area contributed by atoms with Crippen LogP contribution in [0.1, 0.15) is 0 Å². The molecule has 0 amide bonds. The van der Waals surface area contributed by atoms with Gasteiger partial charge in [-0.25, -0.2) is 0 Å². The van der Waals surface area contributed by atoms with Crippen LogP contribution in [-0.4, -0.2) is 27.1 Å². The van der Waals surface area contributed by atoms with Crippen LogP contribution in [-0.2, 0) is 0 Å². The SMILES string of the molecule is SCCSC(CS)C(S)S. The zero-order chi connectivity index (χ0) is 7.98. The van der Waals surface area contributed by atoms with Gasteiger partial charge in [0.2, 0.25) is 0 Å². The molecule has 0 nitrogen and oxygen atoms in total. The van der Waals surface area contributed by atoms with Gasteiger partial charge in [-0.05, 0) is 5.75 Å². The minimum Gasteiger partial charge on any atom is -0.179 e. The molecule has 0 fully saturated rings. The molecule has 0 N–H and O–H groups in total. The lowest BCUT2D eigenvalue weighted by Crippen LogP contribution is -2.14. The highest BCUT2D eigenvalue weighted by atomic mass is 32.2. The molecular weight excluding hydrogens is 220 g/mol. The standard InChI is InChI=1S/C5H12S5/c6-1-2-10-4(3-7)5(8)9/h4-9H,1-3H2. The van der Waals surface area contributed by atoms with Crippen molar-refractivity contribution in [2.24, 2.45) is 0 Å². The normalized spacial score (nSPS) is 14.1. The highest BCUT2D eigenvalue weighted by molar-refractivity contribution is 8.05. The molecule has 0 heterocycles. The maximum Gasteiger partial charge on any atom is 0.0568 e. The van der Waals surface area contributed by atoms with Gasteiger partial charge in [0.25, 0.3) is 0 Å². The minimum absolute atomic E-state index is 0.127. The van der Waals surface area contributed by atoms with Crippen molar-refractivity contribution in [1.82, 2.24) is 0 Å². The topological polar surface area (TPSA) is 0 Å². The van der Waals surface area contributed by atoms with E-state index in [1.807, 2.05) is 11.8 Å². The van der Waals surface area contributed by atoms with E-state index in [4.69, 9.17) is 0 Å². The smallest absolute Gasteiger partial charge is 0.0568 e. The first-order valence-corrected chi connectivity index (χ1v) is 6.26. The quantitative estimate of drug-likeness (QED) is 0.416. The van der Waals surface area contributed by atoms with Crippen molar-refractivity contribution in [2.75, 3.05) is 17.3 Å². The van der Waals surface area contributed by atoms with E-state index in [0.717, 1.165) is 17.3 Å². The van der Waals surface area contributed by atoms with Gasteiger partial charge in [-0.15, -0.1) is 0 Å². The number of rotatable bonds is 5. The van der Waals surface area contributed by atoms with E-state index in [-0.39, 0.29) is 4.58 Å². The zero-order valence-corrected chi connectivity index (χ0v) is 9.87. The lowest BCUT2D eigenvalue weighted by atomic mass is 10.5. The highest BCUT2D eigenvalue weighted by Gasteiger charge is 2.11. The van der Waals surface area contributed by atoms with E-state index in [0.29, 0.717) is 5.25 Å². The monoisotopic (exact) mass is 232 g/mol. The average molecular weight is 232 g/mol. The van der Waals surface area contributed by atoms with Gasteiger partial charge in [0.05, 0.1) is 4.58 Å². The summed E-state index contributed by atoms with van der Waals surface area (Å²) in [4.78, 5) is 0. The maximum atomic E-state index is 4.22. The molecule has 10 heavy (non-hydrogen) atoms. The first kappa shape index (κ1) is 11.8. The molecule has 1 atom stereocenters. The van der Waals surface area contributed by atoms with Crippen LogP contribution in [0.4, 0.5) is 0 Å². The summed E-state index contributed by atoms with van der Waals surface area (Å²) in [5.41, 5.74) is 0. The lowest BCUT2D eigenvalue weighted by Gasteiger charge is -2.15. The van der Waals surface area contributed by atoms with Crippen LogP contribution in [0.25, 0.3) is 0 Å². The van der Waals surface area contributed by atoms with E-state index in [2.05, 4.69) is 50.5 Å².